The Labute approximate surface area is 79.7 Å². The Morgan fingerprint density at radius 1 is 1.45 bits per heavy atom. The van der Waals surface area contributed by atoms with Crippen LogP contribution in [0.1, 0.15) is 5.56 Å². The van der Waals surface area contributed by atoms with Crippen molar-refractivity contribution in [3.05, 3.63) is 35.6 Å². The summed E-state index contributed by atoms with van der Waals surface area (Å²) in [6.45, 7) is 0.646. The van der Waals surface area contributed by atoms with Gasteiger partial charge in [0.1, 0.15) is 5.82 Å². The van der Waals surface area contributed by atoms with E-state index in [4.69, 9.17) is 0 Å². The van der Waals surface area contributed by atoms with Crippen molar-refractivity contribution in [2.45, 2.75) is 6.54 Å². The molecule has 1 aromatic carbocycles. The van der Waals surface area contributed by atoms with E-state index in [1.54, 1.807) is 12.1 Å². The quantitative estimate of drug-likeness (QED) is 0.587. The molecular formula is C8H9FIN. The van der Waals surface area contributed by atoms with Crippen LogP contribution in [0.2, 0.25) is 0 Å². The van der Waals surface area contributed by atoms with Crippen LogP contribution in [-0.2, 0) is 6.54 Å². The monoisotopic (exact) mass is 265 g/mol. The maximum absolute atomic E-state index is 12.9. The molecule has 0 aliphatic rings. The molecule has 1 aromatic rings. The van der Waals surface area contributed by atoms with Crippen molar-refractivity contribution in [2.75, 3.05) is 7.05 Å². The van der Waals surface area contributed by atoms with Crippen molar-refractivity contribution in [3.8, 4) is 0 Å². The summed E-state index contributed by atoms with van der Waals surface area (Å²) in [5.74, 6) is -0.129. The minimum Gasteiger partial charge on any atom is -0.246 e. The second-order valence-corrected chi connectivity index (χ2v) is 4.00. The minimum atomic E-state index is -0.129. The van der Waals surface area contributed by atoms with Crippen molar-refractivity contribution < 1.29 is 4.39 Å². The molecule has 0 aliphatic carbocycles. The summed E-state index contributed by atoms with van der Waals surface area (Å²) in [4.78, 5) is 0. The SMILES string of the molecule is CN(I)Cc1ccccc1F. The van der Waals surface area contributed by atoms with E-state index in [0.29, 0.717) is 6.54 Å². The third-order valence-corrected chi connectivity index (χ3v) is 1.69. The molecular weight excluding hydrogens is 256 g/mol. The average molecular weight is 265 g/mol. The molecule has 0 radical (unpaired) electrons. The lowest BCUT2D eigenvalue weighted by molar-refractivity contribution is 0.554. The third-order valence-electron chi connectivity index (χ3n) is 1.35. The number of hydrogen-bond acceptors (Lipinski definition) is 1. The molecule has 0 fully saturated rings. The van der Waals surface area contributed by atoms with Crippen LogP contribution < -0.4 is 0 Å². The Bertz CT molecular complexity index is 237. The summed E-state index contributed by atoms with van der Waals surface area (Å²) in [5.41, 5.74) is 0.740. The first-order valence-corrected chi connectivity index (χ1v) is 4.27. The molecule has 0 atom stereocenters. The maximum atomic E-state index is 12.9. The van der Waals surface area contributed by atoms with E-state index < -0.39 is 0 Å². The maximum Gasteiger partial charge on any atom is 0.127 e. The molecule has 0 spiro atoms. The summed E-state index contributed by atoms with van der Waals surface area (Å²) < 4.78 is 14.8. The summed E-state index contributed by atoms with van der Waals surface area (Å²) in [6, 6.07) is 6.82. The first-order valence-electron chi connectivity index (χ1n) is 3.30. The summed E-state index contributed by atoms with van der Waals surface area (Å²) >= 11 is 2.13. The van der Waals surface area contributed by atoms with Crippen molar-refractivity contribution in [1.29, 1.82) is 0 Å². The zero-order valence-corrected chi connectivity index (χ0v) is 8.38. The molecule has 0 saturated heterocycles. The zero-order valence-electron chi connectivity index (χ0n) is 6.22. The molecule has 0 bridgehead atoms. The second-order valence-electron chi connectivity index (χ2n) is 2.35. The molecule has 0 heterocycles. The highest BCUT2D eigenvalue weighted by molar-refractivity contribution is 14.1. The summed E-state index contributed by atoms with van der Waals surface area (Å²) in [6.07, 6.45) is 0. The van der Waals surface area contributed by atoms with E-state index in [0.717, 1.165) is 5.56 Å². The van der Waals surface area contributed by atoms with Gasteiger partial charge in [0, 0.05) is 35.0 Å². The van der Waals surface area contributed by atoms with E-state index in [1.165, 1.54) is 6.07 Å². The van der Waals surface area contributed by atoms with Gasteiger partial charge in [0.15, 0.2) is 0 Å². The van der Waals surface area contributed by atoms with Crippen LogP contribution in [0, 0.1) is 5.82 Å². The topological polar surface area (TPSA) is 3.24 Å². The van der Waals surface area contributed by atoms with Gasteiger partial charge < -0.3 is 0 Å². The smallest absolute Gasteiger partial charge is 0.127 e. The van der Waals surface area contributed by atoms with Gasteiger partial charge in [0.05, 0.1) is 0 Å². The van der Waals surface area contributed by atoms with Crippen LogP contribution in [0.4, 0.5) is 4.39 Å². The van der Waals surface area contributed by atoms with Crippen molar-refractivity contribution in [1.82, 2.24) is 3.11 Å². The molecule has 0 N–H and O–H groups in total. The van der Waals surface area contributed by atoms with Crippen LogP contribution in [0.3, 0.4) is 0 Å². The van der Waals surface area contributed by atoms with E-state index in [9.17, 15) is 4.39 Å². The molecule has 60 valence electrons. The number of rotatable bonds is 2. The molecule has 0 aromatic heterocycles. The van der Waals surface area contributed by atoms with Crippen LogP contribution in [0.5, 0.6) is 0 Å². The fourth-order valence-corrected chi connectivity index (χ4v) is 1.23. The van der Waals surface area contributed by atoms with Gasteiger partial charge in [-0.15, -0.1) is 0 Å². The van der Waals surface area contributed by atoms with Crippen molar-refractivity contribution in [2.24, 2.45) is 0 Å². The van der Waals surface area contributed by atoms with Crippen LogP contribution in [-0.4, -0.2) is 10.2 Å². The Balaban J connectivity index is 2.78. The van der Waals surface area contributed by atoms with Crippen molar-refractivity contribution >= 4 is 22.9 Å². The molecule has 1 nitrogen and oxygen atoms in total. The molecule has 3 heteroatoms. The fourth-order valence-electron chi connectivity index (χ4n) is 0.861. The Morgan fingerprint density at radius 2 is 2.09 bits per heavy atom. The Kier molecular flexibility index (Phi) is 3.26. The molecule has 0 aliphatic heterocycles. The minimum absolute atomic E-state index is 0.129. The van der Waals surface area contributed by atoms with Gasteiger partial charge in [-0.25, -0.2) is 7.50 Å². The fraction of sp³-hybridized carbons (Fsp3) is 0.250. The van der Waals surface area contributed by atoms with Crippen LogP contribution in [0.15, 0.2) is 24.3 Å². The molecule has 0 saturated carbocycles. The van der Waals surface area contributed by atoms with Gasteiger partial charge in [-0.3, -0.25) is 0 Å². The summed E-state index contributed by atoms with van der Waals surface area (Å²) in [5, 5.41) is 0. The van der Waals surface area contributed by atoms with Gasteiger partial charge in [-0.1, -0.05) is 18.2 Å². The lowest BCUT2D eigenvalue weighted by atomic mass is 10.2. The largest absolute Gasteiger partial charge is 0.246 e. The molecule has 0 amide bonds. The normalized spacial score (nSPS) is 10.5. The van der Waals surface area contributed by atoms with Gasteiger partial charge >= 0.3 is 0 Å². The number of benzene rings is 1. The number of nitrogens with zero attached hydrogens (tertiary/aromatic N) is 1. The molecule has 11 heavy (non-hydrogen) atoms. The summed E-state index contributed by atoms with van der Waals surface area (Å²) in [7, 11) is 1.91. The first kappa shape index (κ1) is 8.93. The van der Waals surface area contributed by atoms with Crippen molar-refractivity contribution in [3.63, 3.8) is 0 Å². The Hall–Kier alpha value is -0.160. The lowest BCUT2D eigenvalue weighted by Gasteiger charge is -2.07. The predicted molar refractivity (Wildman–Crippen MR) is 51.9 cm³/mol. The van der Waals surface area contributed by atoms with Gasteiger partial charge in [0.2, 0.25) is 0 Å². The van der Waals surface area contributed by atoms with E-state index >= 15 is 0 Å². The average Bonchev–Trinajstić information content (AvgIpc) is 1.93. The van der Waals surface area contributed by atoms with Gasteiger partial charge in [0.25, 0.3) is 0 Å². The highest BCUT2D eigenvalue weighted by atomic mass is 127. The van der Waals surface area contributed by atoms with Gasteiger partial charge in [-0.05, 0) is 13.1 Å². The Morgan fingerprint density at radius 3 is 2.64 bits per heavy atom. The van der Waals surface area contributed by atoms with Crippen LogP contribution >= 0.6 is 22.9 Å². The standard InChI is InChI=1S/C8H9FIN/c1-11(10)6-7-4-2-3-5-8(7)9/h2-5H,6H2,1H3. The number of hydrogen-bond donors (Lipinski definition) is 0. The number of halogens is 2. The highest BCUT2D eigenvalue weighted by Gasteiger charge is 2.00. The molecule has 1 rings (SSSR count). The predicted octanol–water partition coefficient (Wildman–Crippen LogP) is 2.61. The lowest BCUT2D eigenvalue weighted by Crippen LogP contribution is -2.04. The van der Waals surface area contributed by atoms with Gasteiger partial charge in [-0.2, -0.15) is 0 Å². The van der Waals surface area contributed by atoms with Crippen LogP contribution in [0.25, 0.3) is 0 Å². The first-order chi connectivity index (χ1) is 5.20. The zero-order chi connectivity index (χ0) is 8.27. The van der Waals surface area contributed by atoms with E-state index in [-0.39, 0.29) is 5.82 Å². The third kappa shape index (κ3) is 2.75. The second kappa shape index (κ2) is 4.01. The van der Waals surface area contributed by atoms with E-state index in [1.807, 2.05) is 16.2 Å². The van der Waals surface area contributed by atoms with E-state index in [2.05, 4.69) is 22.9 Å². The molecule has 0 unspecified atom stereocenters. The highest BCUT2D eigenvalue weighted by Crippen LogP contribution is 2.10.